The van der Waals surface area contributed by atoms with E-state index in [1.165, 1.54) is 29.9 Å². The molecule has 3 N–H and O–H groups in total. The number of rotatable bonds is 4. The molecule has 0 saturated heterocycles. The molecule has 0 aromatic carbocycles. The quantitative estimate of drug-likeness (QED) is 0.882. The zero-order valence-corrected chi connectivity index (χ0v) is 13.3. The summed E-state index contributed by atoms with van der Waals surface area (Å²) in [4.78, 5) is 2.46. The maximum absolute atomic E-state index is 5.96. The Morgan fingerprint density at radius 1 is 1.26 bits per heavy atom. The van der Waals surface area contributed by atoms with Gasteiger partial charge in [-0.15, -0.1) is 10.2 Å². The van der Waals surface area contributed by atoms with Gasteiger partial charge in [0.1, 0.15) is 11.6 Å². The Morgan fingerprint density at radius 3 is 2.91 bits per heavy atom. The Morgan fingerprint density at radius 2 is 2.13 bits per heavy atom. The topological polar surface area (TPSA) is 88.7 Å². The van der Waals surface area contributed by atoms with Gasteiger partial charge in [0, 0.05) is 48.8 Å². The van der Waals surface area contributed by atoms with Gasteiger partial charge in [-0.3, -0.25) is 10.00 Å². The molecule has 2 aromatic rings. The summed E-state index contributed by atoms with van der Waals surface area (Å²) >= 11 is 0. The van der Waals surface area contributed by atoms with Crippen molar-refractivity contribution in [3.8, 4) is 0 Å². The fraction of sp³-hybridized carbons (Fsp3) is 0.688. The van der Waals surface area contributed by atoms with Gasteiger partial charge in [0.2, 0.25) is 0 Å². The van der Waals surface area contributed by atoms with Gasteiger partial charge in [0.25, 0.3) is 0 Å². The molecule has 3 heterocycles. The van der Waals surface area contributed by atoms with Gasteiger partial charge in [0.05, 0.1) is 12.7 Å². The van der Waals surface area contributed by atoms with E-state index in [2.05, 4.69) is 29.9 Å². The van der Waals surface area contributed by atoms with E-state index in [-0.39, 0.29) is 0 Å². The molecule has 7 heteroatoms. The molecule has 5 rings (SSSR count). The van der Waals surface area contributed by atoms with Gasteiger partial charge in [-0.25, -0.2) is 0 Å². The van der Waals surface area contributed by atoms with Gasteiger partial charge in [-0.1, -0.05) is 0 Å². The number of fused-ring (bicyclic) bond motifs is 1. The van der Waals surface area contributed by atoms with Crippen LogP contribution in [0.3, 0.4) is 0 Å². The van der Waals surface area contributed by atoms with Gasteiger partial charge in [-0.2, -0.15) is 5.10 Å². The minimum absolute atomic E-state index is 0.356. The third kappa shape index (κ3) is 2.38. The van der Waals surface area contributed by atoms with Gasteiger partial charge in [0.15, 0.2) is 0 Å². The maximum Gasteiger partial charge on any atom is 0.147 e. The molecule has 2 saturated carbocycles. The van der Waals surface area contributed by atoms with Crippen molar-refractivity contribution in [1.82, 2.24) is 29.9 Å². The number of nitrogens with two attached hydrogens (primary N) is 1. The lowest BCUT2D eigenvalue weighted by atomic mass is 9.80. The number of nitrogens with zero attached hydrogens (tertiary/aromatic N) is 5. The molecule has 7 nitrogen and oxygen atoms in total. The predicted octanol–water partition coefficient (Wildman–Crippen LogP) is 1.10. The molecule has 0 unspecified atom stereocenters. The van der Waals surface area contributed by atoms with Crippen LogP contribution in [0.5, 0.6) is 0 Å². The Bertz CT molecular complexity index is 708. The molecule has 23 heavy (non-hydrogen) atoms. The summed E-state index contributed by atoms with van der Waals surface area (Å²) < 4.78 is 2.43. The number of aromatic amines is 1. The Hall–Kier alpha value is -1.73. The Labute approximate surface area is 135 Å². The van der Waals surface area contributed by atoms with E-state index in [0.717, 1.165) is 44.7 Å². The molecule has 0 atom stereocenters. The third-order valence-electron chi connectivity index (χ3n) is 5.49. The first-order chi connectivity index (χ1) is 11.3. The van der Waals surface area contributed by atoms with Crippen LogP contribution in [0.2, 0.25) is 0 Å². The molecule has 3 aliphatic rings. The highest BCUT2D eigenvalue weighted by Crippen LogP contribution is 2.42. The zero-order valence-electron chi connectivity index (χ0n) is 13.3. The Balaban J connectivity index is 1.37. The van der Waals surface area contributed by atoms with Crippen LogP contribution in [0.15, 0.2) is 6.20 Å². The average Bonchev–Trinajstić information content (AvgIpc) is 3.10. The van der Waals surface area contributed by atoms with E-state index in [0.29, 0.717) is 18.0 Å². The fourth-order valence-corrected chi connectivity index (χ4v) is 3.94. The first-order valence-corrected chi connectivity index (χ1v) is 8.70. The largest absolute Gasteiger partial charge is 0.328 e. The molecule has 2 aromatic heterocycles. The molecular formula is C16H23N7. The standard InChI is InChI=1S/C16H23N7/c17-12-5-10(6-12)16-21-20-15(23(16)13-1-2-13)9-22-4-3-14-11(8-22)7-18-19-14/h7,10,12-13H,1-6,8-9,17H2,(H,18,19). The average molecular weight is 313 g/mol. The van der Waals surface area contributed by atoms with Crippen molar-refractivity contribution in [2.45, 2.75) is 63.2 Å². The summed E-state index contributed by atoms with van der Waals surface area (Å²) in [6.45, 7) is 2.89. The minimum Gasteiger partial charge on any atom is -0.328 e. The molecule has 1 aliphatic heterocycles. The molecule has 2 fully saturated rings. The number of hydrogen-bond acceptors (Lipinski definition) is 5. The second-order valence-electron chi connectivity index (χ2n) is 7.34. The first kappa shape index (κ1) is 13.7. The summed E-state index contributed by atoms with van der Waals surface area (Å²) in [6.07, 6.45) is 7.65. The molecule has 0 radical (unpaired) electrons. The van der Waals surface area contributed by atoms with E-state index in [1.54, 1.807) is 0 Å². The van der Waals surface area contributed by atoms with Gasteiger partial charge >= 0.3 is 0 Å². The third-order valence-corrected chi connectivity index (χ3v) is 5.49. The lowest BCUT2D eigenvalue weighted by Crippen LogP contribution is -2.36. The monoisotopic (exact) mass is 313 g/mol. The highest BCUT2D eigenvalue weighted by Gasteiger charge is 2.37. The van der Waals surface area contributed by atoms with E-state index in [4.69, 9.17) is 5.73 Å². The predicted molar refractivity (Wildman–Crippen MR) is 84.6 cm³/mol. The lowest BCUT2D eigenvalue weighted by Gasteiger charge is -2.32. The normalized spacial score (nSPS) is 27.7. The second kappa shape index (κ2) is 5.14. The van der Waals surface area contributed by atoms with Crippen LogP contribution < -0.4 is 5.73 Å². The summed E-state index contributed by atoms with van der Waals surface area (Å²) in [5.74, 6) is 2.84. The molecule has 0 bridgehead atoms. The van der Waals surface area contributed by atoms with Crippen molar-refractivity contribution in [1.29, 1.82) is 0 Å². The zero-order chi connectivity index (χ0) is 15.4. The number of hydrogen-bond donors (Lipinski definition) is 2. The van der Waals surface area contributed by atoms with Crippen LogP contribution in [0, 0.1) is 0 Å². The highest BCUT2D eigenvalue weighted by molar-refractivity contribution is 5.19. The smallest absolute Gasteiger partial charge is 0.147 e. The lowest BCUT2D eigenvalue weighted by molar-refractivity contribution is 0.234. The molecule has 122 valence electrons. The summed E-state index contributed by atoms with van der Waals surface area (Å²) in [6, 6.07) is 0.982. The van der Waals surface area contributed by atoms with Crippen molar-refractivity contribution in [2.24, 2.45) is 5.73 Å². The summed E-state index contributed by atoms with van der Waals surface area (Å²) in [5.41, 5.74) is 8.57. The van der Waals surface area contributed by atoms with Crippen molar-refractivity contribution in [2.75, 3.05) is 6.54 Å². The van der Waals surface area contributed by atoms with Gasteiger partial charge in [-0.05, 0) is 25.7 Å². The second-order valence-corrected chi connectivity index (χ2v) is 7.34. The van der Waals surface area contributed by atoms with Crippen LogP contribution in [-0.2, 0) is 19.5 Å². The number of nitrogens with one attached hydrogen (secondary N) is 1. The van der Waals surface area contributed by atoms with Gasteiger partial charge < -0.3 is 10.3 Å². The van der Waals surface area contributed by atoms with Crippen LogP contribution in [0.25, 0.3) is 0 Å². The minimum atomic E-state index is 0.356. The van der Waals surface area contributed by atoms with Crippen LogP contribution in [-0.4, -0.2) is 42.4 Å². The van der Waals surface area contributed by atoms with Crippen LogP contribution >= 0.6 is 0 Å². The van der Waals surface area contributed by atoms with E-state index < -0.39 is 0 Å². The molecule has 0 spiro atoms. The van der Waals surface area contributed by atoms with Crippen molar-refractivity contribution < 1.29 is 0 Å². The fourth-order valence-electron chi connectivity index (χ4n) is 3.94. The van der Waals surface area contributed by atoms with Crippen molar-refractivity contribution >= 4 is 0 Å². The maximum atomic E-state index is 5.96. The van der Waals surface area contributed by atoms with Crippen molar-refractivity contribution in [3.63, 3.8) is 0 Å². The SMILES string of the molecule is NC1CC(c2nnc(CN3CCc4[nH]ncc4C3)n2C2CC2)C1. The Kier molecular flexibility index (Phi) is 3.06. The van der Waals surface area contributed by atoms with Crippen molar-refractivity contribution in [3.05, 3.63) is 29.1 Å². The number of H-pyrrole nitrogens is 1. The van der Waals surface area contributed by atoms with E-state index in [9.17, 15) is 0 Å². The van der Waals surface area contributed by atoms with Crippen LogP contribution in [0.4, 0.5) is 0 Å². The summed E-state index contributed by atoms with van der Waals surface area (Å²) in [5, 5.41) is 16.4. The van der Waals surface area contributed by atoms with E-state index in [1.807, 2.05) is 6.20 Å². The van der Waals surface area contributed by atoms with Crippen LogP contribution in [0.1, 0.15) is 60.5 Å². The molecule has 0 amide bonds. The van der Waals surface area contributed by atoms with E-state index >= 15 is 0 Å². The first-order valence-electron chi connectivity index (χ1n) is 8.70. The summed E-state index contributed by atoms with van der Waals surface area (Å²) in [7, 11) is 0. The molecule has 2 aliphatic carbocycles. The molecular weight excluding hydrogens is 290 g/mol. The number of aromatic nitrogens is 5. The highest BCUT2D eigenvalue weighted by atomic mass is 15.3.